The van der Waals surface area contributed by atoms with E-state index in [-0.39, 0.29) is 136 Å². The van der Waals surface area contributed by atoms with Gasteiger partial charge in [-0.05, 0) is 0 Å². The largest absolute Gasteiger partial charge is 0.114 e. The summed E-state index contributed by atoms with van der Waals surface area (Å²) in [7, 11) is 0. The molecular formula is H8Br8. The molecule has 0 nitrogen and oxygen atoms in total. The van der Waals surface area contributed by atoms with Crippen LogP contribution in [0.1, 0.15) is 0 Å². The molecule has 0 fully saturated rings. The lowest BCUT2D eigenvalue weighted by Gasteiger charge is -0.115. The maximum Gasteiger partial charge on any atom is -0.114 e. The van der Waals surface area contributed by atoms with Gasteiger partial charge in [0.05, 0.1) is 0 Å². The molecule has 0 aliphatic rings. The molecule has 0 aliphatic carbocycles. The van der Waals surface area contributed by atoms with Crippen LogP contribution in [0.25, 0.3) is 0 Å². The van der Waals surface area contributed by atoms with Crippen LogP contribution in [0.15, 0.2) is 0 Å². The molecule has 0 aromatic rings. The zero-order chi connectivity index (χ0) is 0. The van der Waals surface area contributed by atoms with Crippen molar-refractivity contribution in [1.29, 1.82) is 0 Å². The lowest BCUT2D eigenvalue weighted by atomic mass is 79.9. The van der Waals surface area contributed by atoms with Crippen LogP contribution in [0.3, 0.4) is 0 Å². The highest BCUT2D eigenvalue weighted by molar-refractivity contribution is 8.93. The third-order valence-corrected chi connectivity index (χ3v) is 0. The Morgan fingerprint density at radius 3 is 0.125 bits per heavy atom. The fourth-order valence-corrected chi connectivity index (χ4v) is 0. The molecule has 0 N–H and O–H groups in total. The average molecular weight is 647 g/mol. The minimum absolute atomic E-state index is 0. The van der Waals surface area contributed by atoms with Crippen molar-refractivity contribution in [1.82, 2.24) is 0 Å². The van der Waals surface area contributed by atoms with Gasteiger partial charge in [0.1, 0.15) is 0 Å². The Hall–Kier alpha value is 3.84. The van der Waals surface area contributed by atoms with E-state index in [2.05, 4.69) is 0 Å². The van der Waals surface area contributed by atoms with Gasteiger partial charge in [-0.1, -0.05) is 0 Å². The summed E-state index contributed by atoms with van der Waals surface area (Å²) in [5, 5.41) is 0. The Bertz CT molecular complexity index is 0. The molecule has 0 aromatic carbocycles. The van der Waals surface area contributed by atoms with Crippen molar-refractivity contribution in [2.24, 2.45) is 0 Å². The quantitative estimate of drug-likeness (QED) is 0.361. The topological polar surface area (TPSA) is 0 Å². The number of hydrogen-bond donors (Lipinski definition) is 0. The second-order valence-corrected chi connectivity index (χ2v) is 0. The molecular weight excluding hydrogens is 639 g/mol. The standard InChI is InChI=1S/8BrH/h8*1H. The van der Waals surface area contributed by atoms with Crippen LogP contribution in [-0.4, -0.2) is 0 Å². The monoisotopic (exact) mass is 639 g/mol. The van der Waals surface area contributed by atoms with Crippen molar-refractivity contribution >= 4 is 136 Å². The first-order valence-corrected chi connectivity index (χ1v) is 0. The first-order chi connectivity index (χ1) is 0. The van der Waals surface area contributed by atoms with E-state index in [9.17, 15) is 0 Å². The van der Waals surface area contributed by atoms with E-state index in [1.54, 1.807) is 0 Å². The molecule has 0 spiro atoms. The summed E-state index contributed by atoms with van der Waals surface area (Å²) in [6.07, 6.45) is 0. The van der Waals surface area contributed by atoms with E-state index < -0.39 is 0 Å². The summed E-state index contributed by atoms with van der Waals surface area (Å²) in [5.74, 6) is 0. The minimum atomic E-state index is 0. The van der Waals surface area contributed by atoms with Crippen molar-refractivity contribution in [3.8, 4) is 0 Å². The van der Waals surface area contributed by atoms with E-state index >= 15 is 0 Å². The molecule has 0 unspecified atom stereocenters. The van der Waals surface area contributed by atoms with Crippen LogP contribution >= 0.6 is 136 Å². The van der Waals surface area contributed by atoms with Crippen LogP contribution in [0, 0.1) is 0 Å². The molecule has 0 saturated carbocycles. The molecule has 0 rings (SSSR count). The van der Waals surface area contributed by atoms with Crippen LogP contribution < -0.4 is 0 Å². The van der Waals surface area contributed by atoms with Crippen molar-refractivity contribution in [3.05, 3.63) is 0 Å². The molecule has 64 valence electrons. The van der Waals surface area contributed by atoms with Gasteiger partial charge in [-0.2, -0.15) is 0 Å². The van der Waals surface area contributed by atoms with Crippen LogP contribution in [-0.2, 0) is 0 Å². The summed E-state index contributed by atoms with van der Waals surface area (Å²) >= 11 is 0. The summed E-state index contributed by atoms with van der Waals surface area (Å²) in [4.78, 5) is 0. The lowest BCUT2D eigenvalue weighted by Crippen LogP contribution is 0.845. The van der Waals surface area contributed by atoms with Crippen molar-refractivity contribution < 1.29 is 0 Å². The Morgan fingerprint density at radius 2 is 0.125 bits per heavy atom. The van der Waals surface area contributed by atoms with E-state index in [0.717, 1.165) is 0 Å². The second kappa shape index (κ2) is 71.2. The Kier molecular flexibility index (Phi) is 839. The van der Waals surface area contributed by atoms with Gasteiger partial charge in [0, 0.05) is 0 Å². The zero-order valence-corrected chi connectivity index (χ0v) is 17.0. The van der Waals surface area contributed by atoms with Gasteiger partial charge in [0.25, 0.3) is 0 Å². The summed E-state index contributed by atoms with van der Waals surface area (Å²) in [6, 6.07) is 0. The molecule has 0 bridgehead atoms. The van der Waals surface area contributed by atoms with Crippen molar-refractivity contribution in [3.63, 3.8) is 0 Å². The molecule has 0 atom stereocenters. The number of hydrogen-bond acceptors (Lipinski definition) is 0. The van der Waals surface area contributed by atoms with Gasteiger partial charge < -0.3 is 0 Å². The maximum atomic E-state index is 0. The predicted octanol–water partition coefficient (Wildman–Crippen LogP) is 4.62. The summed E-state index contributed by atoms with van der Waals surface area (Å²) in [6.45, 7) is 0. The predicted molar refractivity (Wildman–Crippen MR) is 82.6 cm³/mol. The van der Waals surface area contributed by atoms with E-state index in [4.69, 9.17) is 0 Å². The first-order valence-electron chi connectivity index (χ1n) is 0. The van der Waals surface area contributed by atoms with Gasteiger partial charge in [0.15, 0.2) is 0 Å². The molecule has 8 heteroatoms. The van der Waals surface area contributed by atoms with Gasteiger partial charge in [0.2, 0.25) is 0 Å². The Balaban J connectivity index is 0. The third kappa shape index (κ3) is 52.1. The smallest absolute Gasteiger partial charge is 0.114 e. The van der Waals surface area contributed by atoms with Gasteiger partial charge in [-0.3, -0.25) is 0 Å². The lowest BCUT2D eigenvalue weighted by molar-refractivity contribution is 8.93. The SMILES string of the molecule is Br.Br.Br.Br.Br.Br.Br.Br. The first kappa shape index (κ1) is 94.4. The fraction of sp³-hybridized carbons (Fsp3) is 0. The van der Waals surface area contributed by atoms with Crippen molar-refractivity contribution in [2.75, 3.05) is 0 Å². The van der Waals surface area contributed by atoms with E-state index in [1.165, 1.54) is 0 Å². The van der Waals surface area contributed by atoms with Crippen LogP contribution in [0.4, 0.5) is 0 Å². The molecule has 0 amide bonds. The minimum Gasteiger partial charge on any atom is -0.114 e. The number of halogens is 8. The van der Waals surface area contributed by atoms with Crippen LogP contribution in [0.2, 0.25) is 0 Å². The molecule has 0 aliphatic heterocycles. The molecule has 0 aromatic heterocycles. The van der Waals surface area contributed by atoms with Crippen LogP contribution in [0.5, 0.6) is 0 Å². The normalized spacial score (nSPS) is 0. The highest BCUT2D eigenvalue weighted by Crippen LogP contribution is 0.853. The van der Waals surface area contributed by atoms with Gasteiger partial charge in [-0.15, -0.1) is 136 Å². The van der Waals surface area contributed by atoms with Gasteiger partial charge >= 0.3 is 0 Å². The summed E-state index contributed by atoms with van der Waals surface area (Å²) < 4.78 is 0. The van der Waals surface area contributed by atoms with E-state index in [1.807, 2.05) is 0 Å². The second-order valence-electron chi connectivity index (χ2n) is 0. The van der Waals surface area contributed by atoms with Gasteiger partial charge in [-0.25, -0.2) is 0 Å². The van der Waals surface area contributed by atoms with E-state index in [0.29, 0.717) is 0 Å². The fourth-order valence-electron chi connectivity index (χ4n) is 0. The van der Waals surface area contributed by atoms with Crippen molar-refractivity contribution in [2.45, 2.75) is 0 Å². The zero-order valence-electron chi connectivity index (χ0n) is 3.27. The number of rotatable bonds is 0. The average Bonchev–Trinajstić information content (AvgIpc) is 0. The third-order valence-electron chi connectivity index (χ3n) is 0. The highest BCUT2D eigenvalue weighted by atomic mass is 79.9. The highest BCUT2D eigenvalue weighted by Gasteiger charge is -0.107. The molecule has 0 radical (unpaired) electrons. The summed E-state index contributed by atoms with van der Waals surface area (Å²) in [5.41, 5.74) is 0. The molecule has 8 heavy (non-hydrogen) atoms. The Labute approximate surface area is 133 Å². The molecule has 0 heterocycles. The molecule has 0 saturated heterocycles. The Morgan fingerprint density at radius 1 is 0.125 bits per heavy atom. The maximum absolute atomic E-state index is 0.